The standard InChI is InChI=1S/C24H37O4P/c1-20-12-14-23(15-13-20)24(25)29(26,27-18-16-21-8-4-2-5-9-21)28-19-17-22-10-6-3-7-11-22/h12-15,21-22H,2-11,16-19H2,1H3. The summed E-state index contributed by atoms with van der Waals surface area (Å²) in [5, 5.41) is 0. The molecule has 0 bridgehead atoms. The topological polar surface area (TPSA) is 52.6 Å². The lowest BCUT2D eigenvalue weighted by molar-refractivity contribution is 0.0978. The highest BCUT2D eigenvalue weighted by atomic mass is 31.2. The summed E-state index contributed by atoms with van der Waals surface area (Å²) >= 11 is 0. The maximum atomic E-state index is 13.5. The van der Waals surface area contributed by atoms with E-state index in [4.69, 9.17) is 9.05 Å². The molecule has 29 heavy (non-hydrogen) atoms. The van der Waals surface area contributed by atoms with Crippen LogP contribution in [0.5, 0.6) is 0 Å². The summed E-state index contributed by atoms with van der Waals surface area (Å²) in [5.41, 5.74) is 0.979. The van der Waals surface area contributed by atoms with Gasteiger partial charge in [0.1, 0.15) is 0 Å². The Hall–Kier alpha value is -0.960. The van der Waals surface area contributed by atoms with Crippen LogP contribution in [0.15, 0.2) is 24.3 Å². The molecule has 1 aromatic carbocycles. The number of hydrogen-bond donors (Lipinski definition) is 0. The van der Waals surface area contributed by atoms with Crippen molar-refractivity contribution in [3.63, 3.8) is 0 Å². The minimum Gasteiger partial charge on any atom is -0.303 e. The summed E-state index contributed by atoms with van der Waals surface area (Å²) in [7, 11) is -3.82. The fourth-order valence-corrected chi connectivity index (χ4v) is 6.11. The Morgan fingerprint density at radius 3 is 1.72 bits per heavy atom. The smallest absolute Gasteiger partial charge is 0.303 e. The molecule has 3 rings (SSSR count). The Kier molecular flexibility index (Phi) is 8.96. The predicted octanol–water partition coefficient (Wildman–Crippen LogP) is 7.30. The summed E-state index contributed by atoms with van der Waals surface area (Å²) in [6.45, 7) is 2.64. The molecular formula is C24H37O4P. The zero-order chi connectivity index (χ0) is 20.5. The first kappa shape index (κ1) is 22.7. The van der Waals surface area contributed by atoms with Gasteiger partial charge in [0.25, 0.3) is 5.52 Å². The maximum Gasteiger partial charge on any atom is 0.401 e. The molecule has 0 aromatic heterocycles. The van der Waals surface area contributed by atoms with E-state index in [2.05, 4.69) is 0 Å². The first-order chi connectivity index (χ1) is 14.1. The second kappa shape index (κ2) is 11.4. The monoisotopic (exact) mass is 420 g/mol. The fraction of sp³-hybridized carbons (Fsp3) is 0.708. The summed E-state index contributed by atoms with van der Waals surface area (Å²) < 4.78 is 25.0. The van der Waals surface area contributed by atoms with Gasteiger partial charge in [-0.3, -0.25) is 9.36 Å². The van der Waals surface area contributed by atoms with Crippen LogP contribution in [-0.4, -0.2) is 18.7 Å². The summed E-state index contributed by atoms with van der Waals surface area (Å²) in [4.78, 5) is 13.0. The zero-order valence-electron chi connectivity index (χ0n) is 17.9. The van der Waals surface area contributed by atoms with Crippen LogP contribution in [0, 0.1) is 18.8 Å². The highest BCUT2D eigenvalue weighted by Crippen LogP contribution is 2.52. The van der Waals surface area contributed by atoms with Crippen LogP contribution in [0.1, 0.15) is 93.0 Å². The van der Waals surface area contributed by atoms with Crippen LogP contribution < -0.4 is 0 Å². The van der Waals surface area contributed by atoms with E-state index in [-0.39, 0.29) is 0 Å². The molecule has 2 aliphatic rings. The van der Waals surface area contributed by atoms with Crippen molar-refractivity contribution in [2.75, 3.05) is 13.2 Å². The van der Waals surface area contributed by atoms with Gasteiger partial charge in [-0.25, -0.2) is 0 Å². The van der Waals surface area contributed by atoms with Crippen LogP contribution >= 0.6 is 7.60 Å². The molecule has 0 radical (unpaired) electrons. The number of hydrogen-bond acceptors (Lipinski definition) is 4. The Morgan fingerprint density at radius 2 is 1.28 bits per heavy atom. The molecular weight excluding hydrogens is 383 g/mol. The van der Waals surface area contributed by atoms with Gasteiger partial charge in [-0.05, 0) is 31.6 Å². The number of carbonyl (C=O) groups is 1. The van der Waals surface area contributed by atoms with Crippen molar-refractivity contribution in [3.8, 4) is 0 Å². The molecule has 1 aromatic rings. The van der Waals surface area contributed by atoms with Gasteiger partial charge in [0.05, 0.1) is 13.2 Å². The predicted molar refractivity (Wildman–Crippen MR) is 117 cm³/mol. The lowest BCUT2D eigenvalue weighted by Crippen LogP contribution is -2.14. The third-order valence-electron chi connectivity index (χ3n) is 6.57. The van der Waals surface area contributed by atoms with Crippen molar-refractivity contribution in [1.82, 2.24) is 0 Å². The first-order valence-electron chi connectivity index (χ1n) is 11.6. The molecule has 2 fully saturated rings. The number of carbonyl (C=O) groups excluding carboxylic acids is 1. The van der Waals surface area contributed by atoms with Crippen molar-refractivity contribution in [2.45, 2.75) is 84.0 Å². The molecule has 0 spiro atoms. The van der Waals surface area contributed by atoms with Crippen molar-refractivity contribution in [3.05, 3.63) is 35.4 Å². The van der Waals surface area contributed by atoms with Crippen molar-refractivity contribution in [2.24, 2.45) is 11.8 Å². The lowest BCUT2D eigenvalue weighted by Gasteiger charge is -2.24. The molecule has 2 aliphatic carbocycles. The van der Waals surface area contributed by atoms with E-state index in [1.165, 1.54) is 64.2 Å². The SMILES string of the molecule is Cc1ccc(C(=O)P(=O)(OCCC2CCCCC2)OCCC2CCCCC2)cc1. The van der Waals surface area contributed by atoms with Gasteiger partial charge in [0, 0.05) is 5.56 Å². The van der Waals surface area contributed by atoms with Crippen LogP contribution in [0.2, 0.25) is 0 Å². The molecule has 0 N–H and O–H groups in total. The lowest BCUT2D eigenvalue weighted by atomic mass is 9.87. The van der Waals surface area contributed by atoms with Gasteiger partial charge in [-0.2, -0.15) is 0 Å². The van der Waals surface area contributed by atoms with E-state index in [1.807, 2.05) is 19.1 Å². The highest BCUT2D eigenvalue weighted by molar-refractivity contribution is 7.72. The number of benzene rings is 1. The first-order valence-corrected chi connectivity index (χ1v) is 13.1. The molecule has 0 atom stereocenters. The average molecular weight is 421 g/mol. The van der Waals surface area contributed by atoms with Gasteiger partial charge in [0.2, 0.25) is 0 Å². The van der Waals surface area contributed by atoms with Crippen molar-refractivity contribution < 1.29 is 18.4 Å². The largest absolute Gasteiger partial charge is 0.401 e. The van der Waals surface area contributed by atoms with E-state index < -0.39 is 13.1 Å². The second-order valence-corrected chi connectivity index (χ2v) is 10.8. The van der Waals surface area contributed by atoms with E-state index in [9.17, 15) is 9.36 Å². The van der Waals surface area contributed by atoms with E-state index >= 15 is 0 Å². The molecule has 0 saturated heterocycles. The number of aryl methyl sites for hydroxylation is 1. The van der Waals surface area contributed by atoms with Gasteiger partial charge in [-0.1, -0.05) is 94.0 Å². The van der Waals surface area contributed by atoms with Crippen molar-refractivity contribution >= 4 is 13.1 Å². The Bertz CT molecular complexity index is 645. The highest BCUT2D eigenvalue weighted by Gasteiger charge is 2.36. The van der Waals surface area contributed by atoms with Gasteiger partial charge in [-0.15, -0.1) is 0 Å². The van der Waals surface area contributed by atoms with Crippen LogP contribution in [0.3, 0.4) is 0 Å². The average Bonchev–Trinajstić information content (AvgIpc) is 2.75. The Balaban J connectivity index is 1.59. The third kappa shape index (κ3) is 7.05. The minimum atomic E-state index is -3.82. The van der Waals surface area contributed by atoms with E-state index in [1.54, 1.807) is 12.1 Å². The van der Waals surface area contributed by atoms with Gasteiger partial charge < -0.3 is 9.05 Å². The summed E-state index contributed by atoms with van der Waals surface area (Å²) in [5.74, 6) is 1.24. The molecule has 0 unspecified atom stereocenters. The Labute approximate surface area is 176 Å². The quantitative estimate of drug-likeness (QED) is 0.373. The molecule has 162 valence electrons. The minimum absolute atomic E-state index is 0.336. The summed E-state index contributed by atoms with van der Waals surface area (Å²) in [6.07, 6.45) is 14.2. The van der Waals surface area contributed by atoms with Crippen LogP contribution in [-0.2, 0) is 13.6 Å². The number of rotatable bonds is 10. The third-order valence-corrected chi connectivity index (χ3v) is 8.37. The molecule has 0 heterocycles. The van der Waals surface area contributed by atoms with Crippen LogP contribution in [0.4, 0.5) is 0 Å². The molecule has 5 heteroatoms. The fourth-order valence-electron chi connectivity index (χ4n) is 4.64. The maximum absolute atomic E-state index is 13.5. The second-order valence-electron chi connectivity index (χ2n) is 8.92. The Morgan fingerprint density at radius 1 is 0.828 bits per heavy atom. The van der Waals surface area contributed by atoms with E-state index in [0.29, 0.717) is 30.6 Å². The van der Waals surface area contributed by atoms with Crippen LogP contribution in [0.25, 0.3) is 0 Å². The normalized spacial score (nSPS) is 19.3. The molecule has 0 amide bonds. The van der Waals surface area contributed by atoms with E-state index in [0.717, 1.165) is 18.4 Å². The van der Waals surface area contributed by atoms with Crippen molar-refractivity contribution in [1.29, 1.82) is 0 Å². The van der Waals surface area contributed by atoms with Gasteiger partial charge in [0.15, 0.2) is 0 Å². The van der Waals surface area contributed by atoms with Gasteiger partial charge >= 0.3 is 7.60 Å². The molecule has 2 saturated carbocycles. The molecule has 0 aliphatic heterocycles. The summed E-state index contributed by atoms with van der Waals surface area (Å²) in [6, 6.07) is 7.17. The molecule has 4 nitrogen and oxygen atoms in total. The zero-order valence-corrected chi connectivity index (χ0v) is 18.8.